The van der Waals surface area contributed by atoms with Gasteiger partial charge in [-0.25, -0.2) is 0 Å². The molecule has 4 rings (SSSR count). The SMILES string of the molecule is CC(C)(C)c1cccc2c1sc1cc3ccccc3cc12. The molecule has 0 atom stereocenters. The van der Waals surface area contributed by atoms with E-state index in [1.165, 1.54) is 36.5 Å². The van der Waals surface area contributed by atoms with Gasteiger partial charge in [-0.2, -0.15) is 0 Å². The molecular weight excluding hydrogens is 272 g/mol. The van der Waals surface area contributed by atoms with Crippen LogP contribution in [0.15, 0.2) is 54.6 Å². The highest BCUT2D eigenvalue weighted by Gasteiger charge is 2.19. The molecule has 0 saturated heterocycles. The van der Waals surface area contributed by atoms with Gasteiger partial charge in [0, 0.05) is 20.2 Å². The highest BCUT2D eigenvalue weighted by Crippen LogP contribution is 2.41. The quantitative estimate of drug-likeness (QED) is 0.346. The molecule has 0 aliphatic carbocycles. The van der Waals surface area contributed by atoms with Gasteiger partial charge in [0.05, 0.1) is 0 Å². The second-order valence-corrected chi connectivity index (χ2v) is 7.78. The van der Waals surface area contributed by atoms with Crippen LogP contribution in [0.1, 0.15) is 26.3 Å². The standard InChI is InChI=1S/C20H18S/c1-20(2,3)17-10-6-9-15-16-11-13-7-4-5-8-14(13)12-18(16)21-19(15)17/h4-12H,1-3H3. The molecule has 0 saturated carbocycles. The van der Waals surface area contributed by atoms with E-state index in [1.807, 2.05) is 11.3 Å². The van der Waals surface area contributed by atoms with E-state index in [2.05, 4.69) is 75.4 Å². The van der Waals surface area contributed by atoms with E-state index < -0.39 is 0 Å². The minimum atomic E-state index is 0.180. The Morgan fingerprint density at radius 1 is 0.762 bits per heavy atom. The van der Waals surface area contributed by atoms with Gasteiger partial charge in [-0.15, -0.1) is 11.3 Å². The molecule has 3 aromatic carbocycles. The van der Waals surface area contributed by atoms with E-state index >= 15 is 0 Å². The third kappa shape index (κ3) is 1.96. The van der Waals surface area contributed by atoms with E-state index in [1.54, 1.807) is 0 Å². The zero-order valence-electron chi connectivity index (χ0n) is 12.6. The average molecular weight is 290 g/mol. The van der Waals surface area contributed by atoms with Gasteiger partial charge in [0.15, 0.2) is 0 Å². The molecule has 4 aromatic rings. The van der Waals surface area contributed by atoms with Crippen molar-refractivity contribution in [2.75, 3.05) is 0 Å². The molecule has 0 aliphatic heterocycles. The van der Waals surface area contributed by atoms with Crippen molar-refractivity contribution in [2.45, 2.75) is 26.2 Å². The Bertz CT molecular complexity index is 968. The minimum absolute atomic E-state index is 0.180. The summed E-state index contributed by atoms with van der Waals surface area (Å²) in [6, 6.07) is 20.0. The summed E-state index contributed by atoms with van der Waals surface area (Å²) >= 11 is 1.93. The highest BCUT2D eigenvalue weighted by molar-refractivity contribution is 7.26. The first-order valence-electron chi connectivity index (χ1n) is 7.38. The summed E-state index contributed by atoms with van der Waals surface area (Å²) in [6.45, 7) is 6.88. The first kappa shape index (κ1) is 12.8. The number of hydrogen-bond acceptors (Lipinski definition) is 1. The lowest BCUT2D eigenvalue weighted by molar-refractivity contribution is 0.597. The van der Waals surface area contributed by atoms with Crippen LogP contribution in [-0.4, -0.2) is 0 Å². The normalized spacial score (nSPS) is 12.5. The Labute approximate surface area is 129 Å². The highest BCUT2D eigenvalue weighted by atomic mass is 32.1. The predicted molar refractivity (Wildman–Crippen MR) is 95.5 cm³/mol. The Balaban J connectivity index is 2.18. The smallest absolute Gasteiger partial charge is 0.0392 e. The van der Waals surface area contributed by atoms with Crippen LogP contribution in [0.2, 0.25) is 0 Å². The third-order valence-electron chi connectivity index (χ3n) is 4.17. The van der Waals surface area contributed by atoms with Crippen molar-refractivity contribution >= 4 is 42.3 Å². The van der Waals surface area contributed by atoms with Crippen LogP contribution in [-0.2, 0) is 5.41 Å². The Kier molecular flexibility index (Phi) is 2.64. The van der Waals surface area contributed by atoms with E-state index in [0.29, 0.717) is 0 Å². The molecule has 1 aromatic heterocycles. The second kappa shape index (κ2) is 4.32. The average Bonchev–Trinajstić information content (AvgIpc) is 2.81. The number of rotatable bonds is 0. The molecule has 1 heteroatoms. The molecule has 104 valence electrons. The number of fused-ring (bicyclic) bond motifs is 4. The molecule has 21 heavy (non-hydrogen) atoms. The molecule has 0 spiro atoms. The van der Waals surface area contributed by atoms with Gasteiger partial charge < -0.3 is 0 Å². The fourth-order valence-electron chi connectivity index (χ4n) is 3.07. The maximum atomic E-state index is 2.34. The zero-order chi connectivity index (χ0) is 14.6. The van der Waals surface area contributed by atoms with Crippen LogP contribution >= 0.6 is 11.3 Å². The van der Waals surface area contributed by atoms with Crippen LogP contribution < -0.4 is 0 Å². The lowest BCUT2D eigenvalue weighted by Gasteiger charge is -2.19. The van der Waals surface area contributed by atoms with Gasteiger partial charge in [-0.1, -0.05) is 63.2 Å². The van der Waals surface area contributed by atoms with Crippen LogP contribution in [0.25, 0.3) is 30.9 Å². The van der Waals surface area contributed by atoms with E-state index in [-0.39, 0.29) is 5.41 Å². The molecule has 0 radical (unpaired) electrons. The summed E-state index contributed by atoms with van der Waals surface area (Å²) in [7, 11) is 0. The summed E-state index contributed by atoms with van der Waals surface area (Å²) in [5, 5.41) is 5.44. The zero-order valence-corrected chi connectivity index (χ0v) is 13.4. The second-order valence-electron chi connectivity index (χ2n) is 6.73. The van der Waals surface area contributed by atoms with Crippen LogP contribution in [0.5, 0.6) is 0 Å². The Morgan fingerprint density at radius 2 is 1.48 bits per heavy atom. The molecule has 0 unspecified atom stereocenters. The summed E-state index contributed by atoms with van der Waals surface area (Å²) in [6.07, 6.45) is 0. The van der Waals surface area contributed by atoms with Crippen molar-refractivity contribution in [1.82, 2.24) is 0 Å². The summed E-state index contributed by atoms with van der Waals surface area (Å²) in [5.41, 5.74) is 1.63. The Morgan fingerprint density at radius 3 is 2.19 bits per heavy atom. The van der Waals surface area contributed by atoms with Crippen LogP contribution in [0, 0.1) is 0 Å². The van der Waals surface area contributed by atoms with Gasteiger partial charge in [-0.05, 0) is 33.9 Å². The van der Waals surface area contributed by atoms with Gasteiger partial charge in [-0.3, -0.25) is 0 Å². The molecule has 1 heterocycles. The van der Waals surface area contributed by atoms with Gasteiger partial charge in [0.2, 0.25) is 0 Å². The van der Waals surface area contributed by atoms with Crippen molar-refractivity contribution in [3.63, 3.8) is 0 Å². The minimum Gasteiger partial charge on any atom is -0.135 e. The molecule has 0 bridgehead atoms. The van der Waals surface area contributed by atoms with Gasteiger partial charge in [0.25, 0.3) is 0 Å². The number of hydrogen-bond donors (Lipinski definition) is 0. The number of benzene rings is 3. The fraction of sp³-hybridized carbons (Fsp3) is 0.200. The first-order valence-corrected chi connectivity index (χ1v) is 8.20. The molecule has 0 amide bonds. The van der Waals surface area contributed by atoms with Crippen molar-refractivity contribution in [3.05, 3.63) is 60.2 Å². The largest absolute Gasteiger partial charge is 0.135 e. The molecule has 0 nitrogen and oxygen atoms in total. The van der Waals surface area contributed by atoms with Gasteiger partial charge in [0.1, 0.15) is 0 Å². The van der Waals surface area contributed by atoms with E-state index in [4.69, 9.17) is 0 Å². The van der Waals surface area contributed by atoms with E-state index in [9.17, 15) is 0 Å². The topological polar surface area (TPSA) is 0 Å². The van der Waals surface area contributed by atoms with E-state index in [0.717, 1.165) is 0 Å². The van der Waals surface area contributed by atoms with Crippen molar-refractivity contribution in [1.29, 1.82) is 0 Å². The molecular formula is C20H18S. The third-order valence-corrected chi connectivity index (χ3v) is 5.37. The van der Waals surface area contributed by atoms with Crippen molar-refractivity contribution in [3.8, 4) is 0 Å². The lowest BCUT2D eigenvalue weighted by Crippen LogP contribution is -2.10. The molecule has 0 aliphatic rings. The first-order chi connectivity index (χ1) is 10.0. The monoisotopic (exact) mass is 290 g/mol. The molecule has 0 N–H and O–H groups in total. The van der Waals surface area contributed by atoms with Crippen LogP contribution in [0.3, 0.4) is 0 Å². The van der Waals surface area contributed by atoms with Crippen molar-refractivity contribution in [2.24, 2.45) is 0 Å². The summed E-state index contributed by atoms with van der Waals surface area (Å²) in [4.78, 5) is 0. The lowest BCUT2D eigenvalue weighted by atomic mass is 9.86. The summed E-state index contributed by atoms with van der Waals surface area (Å²) < 4.78 is 2.83. The van der Waals surface area contributed by atoms with Crippen LogP contribution in [0.4, 0.5) is 0 Å². The summed E-state index contributed by atoms with van der Waals surface area (Å²) in [5.74, 6) is 0. The van der Waals surface area contributed by atoms with Crippen molar-refractivity contribution < 1.29 is 0 Å². The maximum Gasteiger partial charge on any atom is 0.0392 e. The predicted octanol–water partition coefficient (Wildman–Crippen LogP) is 6.51. The van der Waals surface area contributed by atoms with Gasteiger partial charge >= 0.3 is 0 Å². The molecule has 0 fully saturated rings. The Hall–Kier alpha value is -1.86. The maximum absolute atomic E-state index is 2.34. The fourth-order valence-corrected chi connectivity index (χ4v) is 4.53. The number of thiophene rings is 1.